The van der Waals surface area contributed by atoms with Crippen LogP contribution >= 0.6 is 0 Å². The fourth-order valence-corrected chi connectivity index (χ4v) is 5.63. The number of aryl methyl sites for hydroxylation is 1. The van der Waals surface area contributed by atoms with Crippen molar-refractivity contribution < 1.29 is 19.1 Å². The molecule has 0 aromatic carbocycles. The van der Waals surface area contributed by atoms with E-state index in [1.54, 1.807) is 6.33 Å². The Morgan fingerprint density at radius 3 is 1.78 bits per heavy atom. The van der Waals surface area contributed by atoms with Crippen LogP contribution in [0.25, 0.3) is 0 Å². The number of allylic oxidation sites excluding steroid dienone is 12. The Labute approximate surface area is 303 Å². The fraction of sp³-hybridized carbons (Fsp3) is 0.558. The van der Waals surface area contributed by atoms with Crippen LogP contribution in [0.2, 0.25) is 0 Å². The number of carbonyl (C=O) groups excluding carboxylic acids is 2. The zero-order valence-corrected chi connectivity index (χ0v) is 31.1. The van der Waals surface area contributed by atoms with Crippen molar-refractivity contribution >= 4 is 11.9 Å². The second-order valence-corrected chi connectivity index (χ2v) is 13.4. The van der Waals surface area contributed by atoms with Gasteiger partial charge in [0.2, 0.25) is 0 Å². The summed E-state index contributed by atoms with van der Waals surface area (Å²) < 4.78 is 10.8. The van der Waals surface area contributed by atoms with Crippen molar-refractivity contribution in [2.45, 2.75) is 109 Å². The molecule has 2 atom stereocenters. The van der Waals surface area contributed by atoms with Gasteiger partial charge in [-0.15, -0.1) is 0 Å². The van der Waals surface area contributed by atoms with Crippen LogP contribution in [-0.2, 0) is 25.5 Å². The van der Waals surface area contributed by atoms with Gasteiger partial charge in [-0.3, -0.25) is 9.59 Å². The number of rotatable bonds is 6. The van der Waals surface area contributed by atoms with E-state index >= 15 is 0 Å². The molecule has 7 nitrogen and oxygen atoms in total. The SMILES string of the molecule is CN(C)CCC1C/C=C/C/C=C/COC(=O)CC/C=C/C/C=C/CC(CCc2cnc[nH]2)C/C=C/C/C=C/CCC(=O)OC/C=C/CCCC1. The number of aromatic nitrogens is 2. The van der Waals surface area contributed by atoms with E-state index in [0.29, 0.717) is 50.7 Å². The molecule has 1 aromatic heterocycles. The van der Waals surface area contributed by atoms with Crippen LogP contribution in [0.4, 0.5) is 0 Å². The average molecular weight is 688 g/mol. The molecule has 1 N–H and O–H groups in total. The Hall–Kier alpha value is -3.71. The highest BCUT2D eigenvalue weighted by Crippen LogP contribution is 2.20. The first-order valence-corrected chi connectivity index (χ1v) is 19.0. The maximum atomic E-state index is 12.1. The van der Waals surface area contributed by atoms with E-state index in [2.05, 4.69) is 102 Å². The van der Waals surface area contributed by atoms with Gasteiger partial charge < -0.3 is 19.4 Å². The number of hydrogen-bond acceptors (Lipinski definition) is 6. The number of hydrogen-bond donors (Lipinski definition) is 1. The Morgan fingerprint density at radius 2 is 1.20 bits per heavy atom. The number of aromatic amines is 1. The van der Waals surface area contributed by atoms with Gasteiger partial charge in [0, 0.05) is 24.7 Å². The highest BCUT2D eigenvalue weighted by atomic mass is 16.5. The van der Waals surface area contributed by atoms with Crippen LogP contribution in [0.1, 0.15) is 108 Å². The van der Waals surface area contributed by atoms with E-state index in [9.17, 15) is 9.59 Å². The maximum Gasteiger partial charge on any atom is 0.306 e. The predicted molar refractivity (Wildman–Crippen MR) is 208 cm³/mol. The third-order valence-electron chi connectivity index (χ3n) is 8.70. The average Bonchev–Trinajstić information content (AvgIpc) is 3.63. The monoisotopic (exact) mass is 687 g/mol. The Bertz CT molecular complexity index is 1210. The minimum absolute atomic E-state index is 0.141. The third-order valence-corrected chi connectivity index (χ3v) is 8.70. The number of ether oxygens (including phenoxy) is 2. The minimum atomic E-state index is -0.153. The standard InChI is InChI=1S/C43H65N3O4/c1-46(2)34-33-40-27-19-11-7-15-23-35-49-42(47)29-21-13-5-3-9-17-25-39(31-32-41-37-44-38-45-41)26-18-10-4-6-14-22-30-43(48)50-36-24-16-8-12-20-28-40/h5-6,9-11,13-19,23-24,37-40H,3-4,7-8,12,20-22,25-36H2,1-2H3,(H,44,45)/b13-5+,14-6+,17-9+,18-10+,19-11+,23-15+,24-16+. The Balaban J connectivity index is 1.87. The van der Waals surface area contributed by atoms with E-state index in [0.717, 1.165) is 70.8 Å². The number of H-pyrrole nitrogens is 1. The van der Waals surface area contributed by atoms with Gasteiger partial charge in [0.15, 0.2) is 0 Å². The van der Waals surface area contributed by atoms with Crippen molar-refractivity contribution in [2.75, 3.05) is 33.9 Å². The van der Waals surface area contributed by atoms with Crippen LogP contribution in [-0.4, -0.2) is 60.7 Å². The van der Waals surface area contributed by atoms with Gasteiger partial charge in [-0.05, 0) is 116 Å². The molecule has 1 aromatic rings. The van der Waals surface area contributed by atoms with E-state index in [1.807, 2.05) is 18.3 Å². The van der Waals surface area contributed by atoms with E-state index < -0.39 is 0 Å². The smallest absolute Gasteiger partial charge is 0.306 e. The summed E-state index contributed by atoms with van der Waals surface area (Å²) in [6.45, 7) is 1.78. The van der Waals surface area contributed by atoms with Crippen molar-refractivity contribution in [3.05, 3.63) is 103 Å². The van der Waals surface area contributed by atoms with Crippen molar-refractivity contribution in [3.8, 4) is 0 Å². The van der Waals surface area contributed by atoms with Crippen LogP contribution in [0.15, 0.2) is 97.6 Å². The number of nitrogens with one attached hydrogen (secondary N) is 1. The number of cyclic esters (lactones) is 2. The molecule has 1 aliphatic rings. The zero-order chi connectivity index (χ0) is 35.7. The van der Waals surface area contributed by atoms with Crippen molar-refractivity contribution in [1.82, 2.24) is 14.9 Å². The molecule has 2 unspecified atom stereocenters. The first-order chi connectivity index (χ1) is 24.5. The molecule has 1 aliphatic heterocycles. The molecule has 0 bridgehead atoms. The summed E-state index contributed by atoms with van der Waals surface area (Å²) in [6.07, 6.45) is 49.4. The number of imidazole rings is 1. The lowest BCUT2D eigenvalue weighted by atomic mass is 9.94. The molecule has 0 aliphatic carbocycles. The van der Waals surface area contributed by atoms with Crippen LogP contribution in [0, 0.1) is 11.8 Å². The number of esters is 2. The first kappa shape index (κ1) is 42.5. The van der Waals surface area contributed by atoms with Gasteiger partial charge in [-0.25, -0.2) is 4.98 Å². The molecular weight excluding hydrogens is 622 g/mol. The Morgan fingerprint density at radius 1 is 0.660 bits per heavy atom. The minimum Gasteiger partial charge on any atom is -0.461 e. The van der Waals surface area contributed by atoms with Crippen molar-refractivity contribution in [3.63, 3.8) is 0 Å². The molecule has 276 valence electrons. The number of carbonyl (C=O) groups is 2. The summed E-state index contributed by atoms with van der Waals surface area (Å²) in [5.74, 6) is 0.924. The van der Waals surface area contributed by atoms with E-state index in [4.69, 9.17) is 9.47 Å². The molecule has 0 radical (unpaired) electrons. The lowest BCUT2D eigenvalue weighted by molar-refractivity contribution is -0.143. The lowest BCUT2D eigenvalue weighted by Gasteiger charge is -2.17. The second kappa shape index (κ2) is 30.1. The summed E-state index contributed by atoms with van der Waals surface area (Å²) >= 11 is 0. The van der Waals surface area contributed by atoms with Crippen LogP contribution in [0.3, 0.4) is 0 Å². The molecule has 0 saturated carbocycles. The molecule has 50 heavy (non-hydrogen) atoms. The molecule has 2 heterocycles. The van der Waals surface area contributed by atoms with Gasteiger partial charge in [0.05, 0.1) is 6.33 Å². The predicted octanol–water partition coefficient (Wildman–Crippen LogP) is 9.98. The summed E-state index contributed by atoms with van der Waals surface area (Å²) in [5, 5.41) is 0. The first-order valence-electron chi connectivity index (χ1n) is 19.0. The molecule has 7 heteroatoms. The number of nitrogens with zero attached hydrogens (tertiary/aromatic N) is 2. The summed E-state index contributed by atoms with van der Waals surface area (Å²) in [6, 6.07) is 0. The summed E-state index contributed by atoms with van der Waals surface area (Å²) in [5.41, 5.74) is 1.17. The largest absolute Gasteiger partial charge is 0.461 e. The lowest BCUT2D eigenvalue weighted by Crippen LogP contribution is -2.16. The second-order valence-electron chi connectivity index (χ2n) is 13.4. The van der Waals surface area contributed by atoms with Gasteiger partial charge in [-0.2, -0.15) is 0 Å². The van der Waals surface area contributed by atoms with Gasteiger partial charge >= 0.3 is 11.9 Å². The summed E-state index contributed by atoms with van der Waals surface area (Å²) in [7, 11) is 4.27. The van der Waals surface area contributed by atoms with Gasteiger partial charge in [0.1, 0.15) is 13.2 Å². The van der Waals surface area contributed by atoms with Gasteiger partial charge in [-0.1, -0.05) is 97.9 Å². The van der Waals surface area contributed by atoms with E-state index in [1.165, 1.54) is 25.0 Å². The van der Waals surface area contributed by atoms with Crippen LogP contribution in [0.5, 0.6) is 0 Å². The quantitative estimate of drug-likeness (QED) is 0.237. The summed E-state index contributed by atoms with van der Waals surface area (Å²) in [4.78, 5) is 33.8. The fourth-order valence-electron chi connectivity index (χ4n) is 5.63. The van der Waals surface area contributed by atoms with Crippen LogP contribution < -0.4 is 0 Å². The van der Waals surface area contributed by atoms with Crippen molar-refractivity contribution in [1.29, 1.82) is 0 Å². The normalized spacial score (nSPS) is 25.7. The molecule has 0 amide bonds. The topological polar surface area (TPSA) is 84.5 Å². The molecular formula is C43H65N3O4. The molecule has 0 saturated heterocycles. The maximum absolute atomic E-state index is 12.1. The zero-order valence-electron chi connectivity index (χ0n) is 31.1. The third kappa shape index (κ3) is 25.3. The Kier molecular flexibility index (Phi) is 25.6. The highest BCUT2D eigenvalue weighted by molar-refractivity contribution is 5.69. The van der Waals surface area contributed by atoms with Crippen molar-refractivity contribution in [2.24, 2.45) is 11.8 Å². The van der Waals surface area contributed by atoms with Gasteiger partial charge in [0.25, 0.3) is 0 Å². The molecule has 0 spiro atoms. The molecule has 0 fully saturated rings. The highest BCUT2D eigenvalue weighted by Gasteiger charge is 2.08. The van der Waals surface area contributed by atoms with E-state index in [-0.39, 0.29) is 11.9 Å². The molecule has 2 rings (SSSR count).